The first-order valence-electron chi connectivity index (χ1n) is 2.63. The van der Waals surface area contributed by atoms with Gasteiger partial charge in [0.05, 0.1) is 13.0 Å². The Morgan fingerprint density at radius 2 is 2.44 bits per heavy atom. The molecule has 4 nitrogen and oxygen atoms in total. The van der Waals surface area contributed by atoms with E-state index in [0.717, 1.165) is 0 Å². The summed E-state index contributed by atoms with van der Waals surface area (Å²) < 4.78 is 4.62. The molecule has 4 heteroatoms. The van der Waals surface area contributed by atoms with Gasteiger partial charge in [0, 0.05) is 13.2 Å². The monoisotopic (exact) mass is 133 g/mol. The Morgan fingerprint density at radius 1 is 1.89 bits per heavy atom. The van der Waals surface area contributed by atoms with Crippen LogP contribution in [0.3, 0.4) is 0 Å². The van der Waals surface area contributed by atoms with E-state index in [1.807, 2.05) is 0 Å². The molecule has 0 saturated carbocycles. The minimum atomic E-state index is -0.889. The van der Waals surface area contributed by atoms with Gasteiger partial charge < -0.3 is 15.6 Å². The highest BCUT2D eigenvalue weighted by atomic mass is 16.5. The van der Waals surface area contributed by atoms with Crippen LogP contribution in [0.25, 0.3) is 0 Å². The third kappa shape index (κ3) is 5.26. The summed E-state index contributed by atoms with van der Waals surface area (Å²) in [6.07, 6.45) is -0.0339. The van der Waals surface area contributed by atoms with Crippen molar-refractivity contribution in [2.75, 3.05) is 13.7 Å². The van der Waals surface area contributed by atoms with Gasteiger partial charge >= 0.3 is 5.97 Å². The molecule has 0 heterocycles. The van der Waals surface area contributed by atoms with Crippen LogP contribution < -0.4 is 5.73 Å². The number of nitrogens with two attached hydrogens (primary N) is 1. The molecule has 0 aliphatic heterocycles. The number of aliphatic carboxylic acids is 1. The van der Waals surface area contributed by atoms with Gasteiger partial charge in [0.15, 0.2) is 0 Å². The number of ether oxygens (including phenoxy) is 1. The minimum Gasteiger partial charge on any atom is -0.481 e. The fourth-order valence-corrected chi connectivity index (χ4v) is 0.497. The highest BCUT2D eigenvalue weighted by Gasteiger charge is 2.05. The first kappa shape index (κ1) is 8.39. The Hall–Kier alpha value is -0.610. The first-order valence-corrected chi connectivity index (χ1v) is 2.63. The Morgan fingerprint density at radius 3 is 2.78 bits per heavy atom. The van der Waals surface area contributed by atoms with Crippen LogP contribution >= 0.6 is 0 Å². The molecule has 0 unspecified atom stereocenters. The molecular weight excluding hydrogens is 122 g/mol. The summed E-state index contributed by atoms with van der Waals surface area (Å²) in [5.41, 5.74) is 5.28. The Balaban J connectivity index is 3.26. The molecule has 0 spiro atoms. The van der Waals surface area contributed by atoms with Gasteiger partial charge in [0.1, 0.15) is 0 Å². The lowest BCUT2D eigenvalue weighted by Gasteiger charge is -2.04. The maximum absolute atomic E-state index is 9.95. The zero-order chi connectivity index (χ0) is 7.28. The van der Waals surface area contributed by atoms with Crippen LogP contribution in [-0.2, 0) is 9.53 Å². The predicted molar refractivity (Wildman–Crippen MR) is 32.1 cm³/mol. The number of methoxy groups -OCH3 is 1. The van der Waals surface area contributed by atoms with Gasteiger partial charge in [0.25, 0.3) is 0 Å². The molecule has 0 aliphatic carbocycles. The zero-order valence-corrected chi connectivity index (χ0v) is 5.33. The first-order chi connectivity index (χ1) is 4.16. The highest BCUT2D eigenvalue weighted by molar-refractivity contribution is 5.67. The van der Waals surface area contributed by atoms with Crippen LogP contribution in [0.1, 0.15) is 6.42 Å². The molecule has 0 amide bonds. The number of hydrogen-bond donors (Lipinski definition) is 2. The Kier molecular flexibility index (Phi) is 4.00. The van der Waals surface area contributed by atoms with Crippen molar-refractivity contribution in [2.45, 2.75) is 12.5 Å². The van der Waals surface area contributed by atoms with Gasteiger partial charge in [-0.05, 0) is 0 Å². The second kappa shape index (κ2) is 4.29. The number of carboxylic acids is 1. The summed E-state index contributed by atoms with van der Waals surface area (Å²) in [6, 6.07) is -0.382. The van der Waals surface area contributed by atoms with E-state index in [1.54, 1.807) is 0 Å². The second-order valence-corrected chi connectivity index (χ2v) is 1.81. The molecular formula is C5H11NO3. The van der Waals surface area contributed by atoms with Crippen molar-refractivity contribution in [1.82, 2.24) is 0 Å². The summed E-state index contributed by atoms with van der Waals surface area (Å²) in [7, 11) is 1.49. The molecule has 54 valence electrons. The van der Waals surface area contributed by atoms with E-state index < -0.39 is 5.97 Å². The van der Waals surface area contributed by atoms with E-state index in [1.165, 1.54) is 7.11 Å². The van der Waals surface area contributed by atoms with Gasteiger partial charge in [-0.25, -0.2) is 0 Å². The van der Waals surface area contributed by atoms with Crippen LogP contribution in [0, 0.1) is 0 Å². The molecule has 0 radical (unpaired) electrons. The standard InChI is InChI=1S/C5H11NO3/c1-9-3-4(6)2-5(7)8/h4H,2-3,6H2,1H3,(H,7,8)/t4-/m1/s1. The van der Waals surface area contributed by atoms with Crippen LogP contribution in [0.2, 0.25) is 0 Å². The number of carboxylic acid groups (broad SMARTS) is 1. The molecule has 0 aromatic carbocycles. The fraction of sp³-hybridized carbons (Fsp3) is 0.800. The minimum absolute atomic E-state index is 0.0339. The molecule has 0 aliphatic rings. The van der Waals surface area contributed by atoms with Crippen molar-refractivity contribution in [1.29, 1.82) is 0 Å². The van der Waals surface area contributed by atoms with E-state index in [9.17, 15) is 4.79 Å². The van der Waals surface area contributed by atoms with Gasteiger partial charge in [-0.2, -0.15) is 0 Å². The lowest BCUT2D eigenvalue weighted by molar-refractivity contribution is -0.137. The maximum atomic E-state index is 9.95. The maximum Gasteiger partial charge on any atom is 0.305 e. The molecule has 0 bridgehead atoms. The molecule has 0 aromatic rings. The van der Waals surface area contributed by atoms with E-state index in [2.05, 4.69) is 4.74 Å². The van der Waals surface area contributed by atoms with Gasteiger partial charge in [-0.15, -0.1) is 0 Å². The van der Waals surface area contributed by atoms with Crippen LogP contribution in [0.15, 0.2) is 0 Å². The van der Waals surface area contributed by atoms with Crippen molar-refractivity contribution in [3.05, 3.63) is 0 Å². The number of hydrogen-bond acceptors (Lipinski definition) is 3. The predicted octanol–water partition coefficient (Wildman–Crippen LogP) is -0.565. The zero-order valence-electron chi connectivity index (χ0n) is 5.33. The number of carbonyl (C=O) groups is 1. The molecule has 0 fully saturated rings. The van der Waals surface area contributed by atoms with Crippen molar-refractivity contribution < 1.29 is 14.6 Å². The van der Waals surface area contributed by atoms with Crippen LogP contribution in [-0.4, -0.2) is 30.8 Å². The van der Waals surface area contributed by atoms with Crippen molar-refractivity contribution in [3.63, 3.8) is 0 Å². The SMILES string of the molecule is COC[C@H](N)CC(=O)O. The second-order valence-electron chi connectivity index (χ2n) is 1.81. The van der Waals surface area contributed by atoms with Crippen molar-refractivity contribution in [3.8, 4) is 0 Å². The quantitative estimate of drug-likeness (QED) is 0.539. The van der Waals surface area contributed by atoms with Crippen molar-refractivity contribution in [2.24, 2.45) is 5.73 Å². The average molecular weight is 133 g/mol. The molecule has 0 aromatic heterocycles. The lowest BCUT2D eigenvalue weighted by Crippen LogP contribution is -2.28. The van der Waals surface area contributed by atoms with E-state index in [-0.39, 0.29) is 12.5 Å². The van der Waals surface area contributed by atoms with E-state index in [0.29, 0.717) is 6.61 Å². The third-order valence-electron chi connectivity index (χ3n) is 0.818. The van der Waals surface area contributed by atoms with Crippen molar-refractivity contribution >= 4 is 5.97 Å². The fourth-order valence-electron chi connectivity index (χ4n) is 0.497. The average Bonchev–Trinajstić information content (AvgIpc) is 1.63. The van der Waals surface area contributed by atoms with Gasteiger partial charge in [-0.3, -0.25) is 4.79 Å². The van der Waals surface area contributed by atoms with Gasteiger partial charge in [0.2, 0.25) is 0 Å². The largest absolute Gasteiger partial charge is 0.481 e. The smallest absolute Gasteiger partial charge is 0.305 e. The summed E-state index contributed by atoms with van der Waals surface area (Å²) >= 11 is 0. The number of rotatable bonds is 4. The van der Waals surface area contributed by atoms with Gasteiger partial charge in [-0.1, -0.05) is 0 Å². The van der Waals surface area contributed by atoms with E-state index >= 15 is 0 Å². The topological polar surface area (TPSA) is 72.5 Å². The molecule has 1 atom stereocenters. The van der Waals surface area contributed by atoms with E-state index in [4.69, 9.17) is 10.8 Å². The highest BCUT2D eigenvalue weighted by Crippen LogP contribution is 1.86. The van der Waals surface area contributed by atoms with Crippen LogP contribution in [0.4, 0.5) is 0 Å². The Bertz CT molecular complexity index is 94.2. The normalized spacial score (nSPS) is 13.1. The summed E-state index contributed by atoms with van der Waals surface area (Å²) in [5, 5.41) is 8.17. The summed E-state index contributed by atoms with van der Waals surface area (Å²) in [5.74, 6) is -0.889. The molecule has 0 rings (SSSR count). The molecule has 9 heavy (non-hydrogen) atoms. The lowest BCUT2D eigenvalue weighted by atomic mass is 10.2. The third-order valence-corrected chi connectivity index (χ3v) is 0.818. The van der Waals surface area contributed by atoms with Crippen LogP contribution in [0.5, 0.6) is 0 Å². The Labute approximate surface area is 53.6 Å². The molecule has 0 saturated heterocycles. The molecule has 3 N–H and O–H groups in total. The summed E-state index contributed by atoms with van der Waals surface area (Å²) in [6.45, 7) is 0.298. The summed E-state index contributed by atoms with van der Waals surface area (Å²) in [4.78, 5) is 9.95.